The molecule has 2 N–H and O–H groups in total. The molecule has 0 unspecified atom stereocenters. The predicted molar refractivity (Wildman–Crippen MR) is 105 cm³/mol. The number of hydrogen-bond donors (Lipinski definition) is 2. The van der Waals surface area contributed by atoms with Crippen LogP contribution in [0.2, 0.25) is 0 Å². The molecule has 27 heavy (non-hydrogen) atoms. The molecule has 0 aliphatic carbocycles. The molecule has 0 bridgehead atoms. The number of benzene rings is 2. The van der Waals surface area contributed by atoms with Gasteiger partial charge < -0.3 is 15.4 Å². The van der Waals surface area contributed by atoms with E-state index in [-0.39, 0.29) is 31.6 Å². The number of nitrogens with one attached hydrogen (secondary N) is 2. The standard InChI is InChI=1S/C20H19N3O3S/c24-18(11-12-21-20(25)23-16-9-5-2-6-10-16)26-13-17-14-27-19(22-17)15-7-3-1-4-8-15/h1-10,14H,11-13H2,(H2,21,23,25). The van der Waals surface area contributed by atoms with Gasteiger partial charge in [-0.2, -0.15) is 0 Å². The second-order valence-electron chi connectivity index (χ2n) is 5.67. The first-order chi connectivity index (χ1) is 13.2. The summed E-state index contributed by atoms with van der Waals surface area (Å²) in [4.78, 5) is 28.0. The topological polar surface area (TPSA) is 80.3 Å². The number of aromatic nitrogens is 1. The molecule has 138 valence electrons. The van der Waals surface area contributed by atoms with E-state index in [2.05, 4.69) is 15.6 Å². The van der Waals surface area contributed by atoms with Gasteiger partial charge in [-0.05, 0) is 12.1 Å². The number of rotatable bonds is 7. The molecule has 3 aromatic rings. The lowest BCUT2D eigenvalue weighted by Crippen LogP contribution is -2.30. The molecule has 0 atom stereocenters. The van der Waals surface area contributed by atoms with Gasteiger partial charge in [-0.25, -0.2) is 9.78 Å². The highest BCUT2D eigenvalue weighted by Crippen LogP contribution is 2.23. The molecule has 0 aliphatic rings. The Labute approximate surface area is 161 Å². The number of nitrogens with zero attached hydrogens (tertiary/aromatic N) is 1. The molecule has 1 heterocycles. The summed E-state index contributed by atoms with van der Waals surface area (Å²) in [6.07, 6.45) is 0.0951. The third-order valence-corrected chi connectivity index (χ3v) is 4.54. The highest BCUT2D eigenvalue weighted by molar-refractivity contribution is 7.13. The van der Waals surface area contributed by atoms with Crippen LogP contribution in [0.15, 0.2) is 66.0 Å². The van der Waals surface area contributed by atoms with Crippen molar-refractivity contribution in [3.63, 3.8) is 0 Å². The molecule has 2 aromatic carbocycles. The van der Waals surface area contributed by atoms with E-state index in [1.807, 2.05) is 53.9 Å². The minimum Gasteiger partial charge on any atom is -0.459 e. The van der Waals surface area contributed by atoms with Gasteiger partial charge in [-0.15, -0.1) is 11.3 Å². The molecule has 7 heteroatoms. The number of anilines is 1. The van der Waals surface area contributed by atoms with Crippen molar-refractivity contribution in [2.45, 2.75) is 13.0 Å². The second-order valence-corrected chi connectivity index (χ2v) is 6.53. The Kier molecular flexibility index (Phi) is 6.54. The first-order valence-electron chi connectivity index (χ1n) is 8.46. The Morgan fingerprint density at radius 1 is 1.00 bits per heavy atom. The van der Waals surface area contributed by atoms with Crippen LogP contribution in [-0.2, 0) is 16.1 Å². The Hall–Kier alpha value is -3.19. The first kappa shape index (κ1) is 18.6. The Morgan fingerprint density at radius 2 is 1.70 bits per heavy atom. The number of para-hydroxylation sites is 1. The number of carbonyl (C=O) groups excluding carboxylic acids is 2. The van der Waals surface area contributed by atoms with Crippen LogP contribution in [-0.4, -0.2) is 23.5 Å². The van der Waals surface area contributed by atoms with Crippen molar-refractivity contribution >= 4 is 29.0 Å². The van der Waals surface area contributed by atoms with Gasteiger partial charge in [-0.1, -0.05) is 48.5 Å². The summed E-state index contributed by atoms with van der Waals surface area (Å²) in [5.41, 5.74) is 2.44. The molecule has 1 aromatic heterocycles. The fourth-order valence-electron chi connectivity index (χ4n) is 2.29. The highest BCUT2D eigenvalue weighted by Gasteiger charge is 2.09. The zero-order valence-corrected chi connectivity index (χ0v) is 15.4. The largest absolute Gasteiger partial charge is 0.459 e. The van der Waals surface area contributed by atoms with Crippen LogP contribution in [0.3, 0.4) is 0 Å². The van der Waals surface area contributed by atoms with Crippen molar-refractivity contribution in [3.8, 4) is 10.6 Å². The van der Waals surface area contributed by atoms with E-state index in [0.29, 0.717) is 11.4 Å². The number of esters is 1. The minimum absolute atomic E-state index is 0.0951. The van der Waals surface area contributed by atoms with E-state index >= 15 is 0 Å². The molecule has 0 fully saturated rings. The number of amides is 2. The molecule has 0 radical (unpaired) electrons. The maximum atomic E-state index is 11.8. The van der Waals surface area contributed by atoms with Crippen molar-refractivity contribution in [2.75, 3.05) is 11.9 Å². The third-order valence-electron chi connectivity index (χ3n) is 3.60. The Balaban J connectivity index is 1.36. The van der Waals surface area contributed by atoms with Crippen LogP contribution in [0.25, 0.3) is 10.6 Å². The summed E-state index contributed by atoms with van der Waals surface area (Å²) in [5, 5.41) is 8.07. The summed E-state index contributed by atoms with van der Waals surface area (Å²) in [5.74, 6) is -0.385. The summed E-state index contributed by atoms with van der Waals surface area (Å²) in [6.45, 7) is 0.322. The summed E-state index contributed by atoms with van der Waals surface area (Å²) < 4.78 is 5.21. The van der Waals surface area contributed by atoms with Gasteiger partial charge in [0, 0.05) is 23.2 Å². The van der Waals surface area contributed by atoms with Gasteiger partial charge in [0.1, 0.15) is 11.6 Å². The van der Waals surface area contributed by atoms with Gasteiger partial charge in [-0.3, -0.25) is 4.79 Å². The predicted octanol–water partition coefficient (Wildman–Crippen LogP) is 4.07. The van der Waals surface area contributed by atoms with Gasteiger partial charge >= 0.3 is 12.0 Å². The Bertz CT molecular complexity index is 882. The van der Waals surface area contributed by atoms with Gasteiger partial charge in [0.05, 0.1) is 12.1 Å². The molecular weight excluding hydrogens is 362 g/mol. The van der Waals surface area contributed by atoms with Crippen LogP contribution >= 0.6 is 11.3 Å². The summed E-state index contributed by atoms with van der Waals surface area (Å²) in [6, 6.07) is 18.6. The zero-order chi connectivity index (χ0) is 18.9. The quantitative estimate of drug-likeness (QED) is 0.605. The van der Waals surface area contributed by atoms with Crippen LogP contribution in [0.1, 0.15) is 12.1 Å². The van der Waals surface area contributed by atoms with Crippen molar-refractivity contribution in [2.24, 2.45) is 0 Å². The average Bonchev–Trinajstić information content (AvgIpc) is 3.17. The van der Waals surface area contributed by atoms with Crippen LogP contribution in [0.4, 0.5) is 10.5 Å². The van der Waals surface area contributed by atoms with E-state index in [9.17, 15) is 9.59 Å². The van der Waals surface area contributed by atoms with E-state index in [1.54, 1.807) is 12.1 Å². The van der Waals surface area contributed by atoms with Crippen LogP contribution < -0.4 is 10.6 Å². The van der Waals surface area contributed by atoms with Gasteiger partial charge in [0.15, 0.2) is 0 Å². The second kappa shape index (κ2) is 9.49. The van der Waals surface area contributed by atoms with Crippen LogP contribution in [0, 0.1) is 0 Å². The summed E-state index contributed by atoms with van der Waals surface area (Å²) >= 11 is 1.51. The van der Waals surface area contributed by atoms with E-state index in [4.69, 9.17) is 4.74 Å². The smallest absolute Gasteiger partial charge is 0.319 e. The minimum atomic E-state index is -0.385. The van der Waals surface area contributed by atoms with Crippen molar-refractivity contribution < 1.29 is 14.3 Å². The number of thiazole rings is 1. The van der Waals surface area contributed by atoms with Gasteiger partial charge in [0.25, 0.3) is 0 Å². The fraction of sp³-hybridized carbons (Fsp3) is 0.150. The molecular formula is C20H19N3O3S. The average molecular weight is 381 g/mol. The molecule has 2 amide bonds. The third kappa shape index (κ3) is 5.93. The zero-order valence-electron chi connectivity index (χ0n) is 14.6. The van der Waals surface area contributed by atoms with Crippen LogP contribution in [0.5, 0.6) is 0 Å². The van der Waals surface area contributed by atoms with Gasteiger partial charge in [0.2, 0.25) is 0 Å². The molecule has 0 saturated carbocycles. The van der Waals surface area contributed by atoms with Crippen molar-refractivity contribution in [1.82, 2.24) is 10.3 Å². The Morgan fingerprint density at radius 3 is 2.44 bits per heavy atom. The highest BCUT2D eigenvalue weighted by atomic mass is 32.1. The van der Waals surface area contributed by atoms with E-state index < -0.39 is 0 Å². The lowest BCUT2D eigenvalue weighted by molar-refractivity contribution is -0.144. The molecule has 6 nitrogen and oxygen atoms in total. The summed E-state index contributed by atoms with van der Waals surface area (Å²) in [7, 11) is 0. The monoisotopic (exact) mass is 381 g/mol. The normalized spacial score (nSPS) is 10.2. The molecule has 0 spiro atoms. The maximum absolute atomic E-state index is 11.8. The molecule has 0 aliphatic heterocycles. The lowest BCUT2D eigenvalue weighted by Gasteiger charge is -2.07. The molecule has 3 rings (SSSR count). The fourth-order valence-corrected chi connectivity index (χ4v) is 3.10. The van der Waals surface area contributed by atoms with E-state index in [1.165, 1.54) is 11.3 Å². The first-order valence-corrected chi connectivity index (χ1v) is 9.34. The lowest BCUT2D eigenvalue weighted by atomic mass is 10.2. The van der Waals surface area contributed by atoms with E-state index in [0.717, 1.165) is 10.6 Å². The SMILES string of the molecule is O=C(NCCC(=O)OCc1csc(-c2ccccc2)n1)Nc1ccccc1. The number of hydrogen-bond acceptors (Lipinski definition) is 5. The van der Waals surface area contributed by atoms with Crippen molar-refractivity contribution in [1.29, 1.82) is 0 Å². The number of ether oxygens (including phenoxy) is 1. The number of urea groups is 1. The van der Waals surface area contributed by atoms with Crippen molar-refractivity contribution in [3.05, 3.63) is 71.7 Å². The number of carbonyl (C=O) groups is 2. The maximum Gasteiger partial charge on any atom is 0.319 e. The molecule has 0 saturated heterocycles.